The highest BCUT2D eigenvalue weighted by molar-refractivity contribution is 7.89. The monoisotopic (exact) mass is 411 g/mol. The van der Waals surface area contributed by atoms with Crippen LogP contribution in [0.3, 0.4) is 0 Å². The highest BCUT2D eigenvalue weighted by atomic mass is 32.2. The van der Waals surface area contributed by atoms with Gasteiger partial charge in [-0.1, -0.05) is 12.1 Å². The number of hydrogen-bond donors (Lipinski definition) is 2. The summed E-state index contributed by atoms with van der Waals surface area (Å²) < 4.78 is 62.2. The van der Waals surface area contributed by atoms with Crippen LogP contribution < -0.4 is 5.14 Å². The van der Waals surface area contributed by atoms with Crippen molar-refractivity contribution in [2.75, 3.05) is 0 Å². The molecule has 0 fully saturated rings. The molecule has 28 heavy (non-hydrogen) atoms. The summed E-state index contributed by atoms with van der Waals surface area (Å²) in [5.41, 5.74) is -0.364. The number of halogens is 3. The van der Waals surface area contributed by atoms with Crippen LogP contribution >= 0.6 is 0 Å². The highest BCUT2D eigenvalue weighted by Crippen LogP contribution is 2.32. The van der Waals surface area contributed by atoms with Gasteiger partial charge in [0.1, 0.15) is 0 Å². The molecule has 11 heteroatoms. The fourth-order valence-electron chi connectivity index (χ4n) is 2.50. The third-order valence-electron chi connectivity index (χ3n) is 3.85. The van der Waals surface area contributed by atoms with E-state index in [0.717, 1.165) is 12.1 Å². The smallest absolute Gasteiger partial charge is 0.416 e. The van der Waals surface area contributed by atoms with E-state index in [1.54, 1.807) is 0 Å². The van der Waals surface area contributed by atoms with Gasteiger partial charge in [0.2, 0.25) is 10.0 Å². The van der Waals surface area contributed by atoms with Crippen molar-refractivity contribution in [2.45, 2.75) is 11.1 Å². The summed E-state index contributed by atoms with van der Waals surface area (Å²) in [4.78, 5) is 11.1. The Bertz CT molecular complexity index is 1140. The van der Waals surface area contributed by atoms with E-state index >= 15 is 0 Å². The molecule has 3 aromatic rings. The lowest BCUT2D eigenvalue weighted by atomic mass is 10.1. The average molecular weight is 411 g/mol. The van der Waals surface area contributed by atoms with Gasteiger partial charge in [-0.3, -0.25) is 0 Å². The number of rotatable bonds is 4. The number of carbonyl (C=O) groups is 1. The summed E-state index contributed by atoms with van der Waals surface area (Å²) >= 11 is 0. The third kappa shape index (κ3) is 3.89. The first kappa shape index (κ1) is 19.6. The van der Waals surface area contributed by atoms with Crippen LogP contribution in [0.2, 0.25) is 0 Å². The Hall–Kier alpha value is -3.18. The number of nitrogens with zero attached hydrogens (tertiary/aromatic N) is 2. The predicted molar refractivity (Wildman–Crippen MR) is 92.3 cm³/mol. The van der Waals surface area contributed by atoms with Gasteiger partial charge in [0.25, 0.3) is 0 Å². The van der Waals surface area contributed by atoms with Gasteiger partial charge in [-0.25, -0.2) is 23.0 Å². The molecule has 0 aliphatic heterocycles. The van der Waals surface area contributed by atoms with Gasteiger partial charge >= 0.3 is 12.1 Å². The summed E-state index contributed by atoms with van der Waals surface area (Å²) in [5, 5.41) is 18.2. The summed E-state index contributed by atoms with van der Waals surface area (Å²) in [6.45, 7) is 0. The summed E-state index contributed by atoms with van der Waals surface area (Å²) in [7, 11) is -3.92. The van der Waals surface area contributed by atoms with Crippen LogP contribution in [0.15, 0.2) is 59.5 Å². The summed E-state index contributed by atoms with van der Waals surface area (Å²) in [5.74, 6) is -1.33. The molecule has 0 spiro atoms. The molecule has 0 bridgehead atoms. The number of aromatic carboxylic acids is 1. The molecule has 0 atom stereocenters. The maximum atomic E-state index is 12.8. The molecule has 1 aromatic heterocycles. The van der Waals surface area contributed by atoms with Gasteiger partial charge in [-0.2, -0.15) is 18.3 Å². The van der Waals surface area contributed by atoms with E-state index in [9.17, 15) is 31.5 Å². The number of carboxylic acids is 1. The van der Waals surface area contributed by atoms with E-state index in [-0.39, 0.29) is 16.3 Å². The number of hydrogen-bond acceptors (Lipinski definition) is 4. The van der Waals surface area contributed by atoms with Gasteiger partial charge in [0.15, 0.2) is 5.69 Å². The van der Waals surface area contributed by atoms with Crippen molar-refractivity contribution in [1.29, 1.82) is 0 Å². The fourth-order valence-corrected chi connectivity index (χ4v) is 3.01. The van der Waals surface area contributed by atoms with Crippen LogP contribution in [-0.2, 0) is 16.2 Å². The number of nitrogens with two attached hydrogens (primary N) is 1. The lowest BCUT2D eigenvalue weighted by Gasteiger charge is -2.10. The van der Waals surface area contributed by atoms with E-state index in [2.05, 4.69) is 5.10 Å². The lowest BCUT2D eigenvalue weighted by Crippen LogP contribution is -2.12. The van der Waals surface area contributed by atoms with Gasteiger partial charge < -0.3 is 5.11 Å². The van der Waals surface area contributed by atoms with E-state index in [1.165, 1.54) is 47.1 Å². The van der Waals surface area contributed by atoms with Crippen LogP contribution in [0.4, 0.5) is 13.2 Å². The molecule has 7 nitrogen and oxygen atoms in total. The maximum Gasteiger partial charge on any atom is 0.416 e. The van der Waals surface area contributed by atoms with E-state index in [1.807, 2.05) is 0 Å². The number of alkyl halides is 3. The third-order valence-corrected chi connectivity index (χ3v) is 4.78. The molecule has 3 N–H and O–H groups in total. The second-order valence-electron chi connectivity index (χ2n) is 5.75. The largest absolute Gasteiger partial charge is 0.476 e. The number of sulfonamides is 1. The fraction of sp³-hybridized carbons (Fsp3) is 0.0588. The topological polar surface area (TPSA) is 115 Å². The van der Waals surface area contributed by atoms with Crippen molar-refractivity contribution >= 4 is 16.0 Å². The first-order valence-electron chi connectivity index (χ1n) is 7.61. The Labute approximate surface area is 156 Å². The normalized spacial score (nSPS) is 12.1. The molecule has 1 heterocycles. The number of aromatic nitrogens is 2. The van der Waals surface area contributed by atoms with Gasteiger partial charge in [0.05, 0.1) is 21.8 Å². The van der Waals surface area contributed by atoms with Gasteiger partial charge in [-0.15, -0.1) is 0 Å². The minimum Gasteiger partial charge on any atom is -0.476 e. The Morgan fingerprint density at radius 1 is 1.04 bits per heavy atom. The van der Waals surface area contributed by atoms with Crippen molar-refractivity contribution in [3.8, 4) is 16.9 Å². The molecule has 0 saturated heterocycles. The van der Waals surface area contributed by atoms with Crippen LogP contribution in [0, 0.1) is 0 Å². The number of benzene rings is 2. The quantitative estimate of drug-likeness (QED) is 0.685. The molecular weight excluding hydrogens is 399 g/mol. The van der Waals surface area contributed by atoms with Crippen LogP contribution in [-0.4, -0.2) is 29.3 Å². The van der Waals surface area contributed by atoms with Crippen LogP contribution in [0.1, 0.15) is 16.1 Å². The highest BCUT2D eigenvalue weighted by Gasteiger charge is 2.30. The maximum absolute atomic E-state index is 12.8. The summed E-state index contributed by atoms with van der Waals surface area (Å²) in [6.07, 6.45) is -4.51. The molecule has 146 valence electrons. The molecule has 3 rings (SSSR count). The lowest BCUT2D eigenvalue weighted by molar-refractivity contribution is -0.137. The SMILES string of the molecule is NS(=O)(=O)c1ccc(-n2nc(C(=O)O)cc2-c2ccc(C(F)(F)F)cc2)cc1. The Kier molecular flexibility index (Phi) is 4.73. The average Bonchev–Trinajstić information content (AvgIpc) is 3.06. The molecule has 0 aliphatic rings. The van der Waals surface area contributed by atoms with Gasteiger partial charge in [-0.05, 0) is 42.5 Å². The van der Waals surface area contributed by atoms with E-state index in [0.29, 0.717) is 11.3 Å². The molecular formula is C17H12F3N3O4S. The second kappa shape index (κ2) is 6.77. The van der Waals surface area contributed by atoms with Crippen LogP contribution in [0.25, 0.3) is 16.9 Å². The zero-order valence-electron chi connectivity index (χ0n) is 13.9. The van der Waals surface area contributed by atoms with Gasteiger partial charge in [0, 0.05) is 5.56 Å². The summed E-state index contributed by atoms with van der Waals surface area (Å²) in [6, 6.07) is 10.5. The molecule has 0 saturated carbocycles. The van der Waals surface area contributed by atoms with E-state index < -0.39 is 27.7 Å². The zero-order chi connectivity index (χ0) is 20.7. The Morgan fingerprint density at radius 2 is 1.61 bits per heavy atom. The van der Waals surface area contributed by atoms with Crippen molar-refractivity contribution in [3.05, 3.63) is 65.9 Å². The minimum atomic E-state index is -4.51. The molecule has 2 aromatic carbocycles. The van der Waals surface area contributed by atoms with Crippen molar-refractivity contribution < 1.29 is 31.5 Å². The first-order valence-corrected chi connectivity index (χ1v) is 9.16. The van der Waals surface area contributed by atoms with Crippen molar-refractivity contribution in [1.82, 2.24) is 9.78 Å². The van der Waals surface area contributed by atoms with Crippen molar-refractivity contribution in [2.24, 2.45) is 5.14 Å². The minimum absolute atomic E-state index is 0.155. The predicted octanol–water partition coefficient (Wildman–Crippen LogP) is 2.90. The molecule has 0 radical (unpaired) electrons. The molecule has 0 amide bonds. The van der Waals surface area contributed by atoms with Crippen LogP contribution in [0.5, 0.6) is 0 Å². The Morgan fingerprint density at radius 3 is 2.07 bits per heavy atom. The molecule has 0 aliphatic carbocycles. The van der Waals surface area contributed by atoms with E-state index in [4.69, 9.17) is 5.14 Å². The number of carboxylic acid groups (broad SMARTS) is 1. The standard InChI is InChI=1S/C17H12F3N3O4S/c18-17(19,20)11-3-1-10(2-4-11)15-9-14(16(24)25)22-23(15)12-5-7-13(8-6-12)28(21,26)27/h1-9H,(H,24,25)(H2,21,26,27). The van der Waals surface area contributed by atoms with Crippen molar-refractivity contribution in [3.63, 3.8) is 0 Å². The zero-order valence-corrected chi connectivity index (χ0v) is 14.7. The second-order valence-corrected chi connectivity index (χ2v) is 7.31. The Balaban J connectivity index is 2.11. The molecule has 0 unspecified atom stereocenters. The first-order chi connectivity index (χ1) is 13.0. The number of primary sulfonamides is 1.